The van der Waals surface area contributed by atoms with Crippen LogP contribution in [0.3, 0.4) is 0 Å². The average molecular weight is 371 g/mol. The predicted octanol–water partition coefficient (Wildman–Crippen LogP) is 3.44. The van der Waals surface area contributed by atoms with Gasteiger partial charge in [-0.25, -0.2) is 4.79 Å². The third-order valence-electron chi connectivity index (χ3n) is 3.21. The van der Waals surface area contributed by atoms with E-state index in [4.69, 9.17) is 26.3 Å². The number of anilines is 1. The molecule has 0 radical (unpaired) electrons. The lowest BCUT2D eigenvalue weighted by Crippen LogP contribution is -2.21. The van der Waals surface area contributed by atoms with E-state index in [1.165, 1.54) is 13.2 Å². The minimum atomic E-state index is -0.887. The van der Waals surface area contributed by atoms with Crippen LogP contribution in [-0.4, -0.2) is 25.6 Å². The van der Waals surface area contributed by atoms with Crippen LogP contribution in [0.1, 0.15) is 5.56 Å². The van der Waals surface area contributed by atoms with Crippen LogP contribution >= 0.6 is 11.6 Å². The van der Waals surface area contributed by atoms with Crippen molar-refractivity contribution < 1.29 is 19.1 Å². The summed E-state index contributed by atoms with van der Waals surface area (Å²) in [5.74, 6) is -0.826. The summed E-state index contributed by atoms with van der Waals surface area (Å²) in [4.78, 5) is 23.8. The Hall–Kier alpha value is -3.30. The van der Waals surface area contributed by atoms with E-state index in [2.05, 4.69) is 5.32 Å². The first kappa shape index (κ1) is 19.0. The van der Waals surface area contributed by atoms with Gasteiger partial charge in [-0.15, -0.1) is 0 Å². The zero-order chi connectivity index (χ0) is 18.9. The van der Waals surface area contributed by atoms with Crippen molar-refractivity contribution in [3.05, 3.63) is 64.7 Å². The molecule has 132 valence electrons. The van der Waals surface area contributed by atoms with E-state index >= 15 is 0 Å². The molecule has 0 aliphatic heterocycles. The maximum atomic E-state index is 12.0. The van der Waals surface area contributed by atoms with Gasteiger partial charge in [-0.1, -0.05) is 23.7 Å². The van der Waals surface area contributed by atoms with Crippen LogP contribution in [0.5, 0.6) is 5.75 Å². The van der Waals surface area contributed by atoms with Gasteiger partial charge in [0.25, 0.3) is 5.91 Å². The Morgan fingerprint density at radius 3 is 2.62 bits per heavy atom. The summed E-state index contributed by atoms with van der Waals surface area (Å²) in [5, 5.41) is 12.2. The molecule has 0 saturated carbocycles. The zero-order valence-corrected chi connectivity index (χ0v) is 14.6. The Kier molecular flexibility index (Phi) is 6.77. The second-order valence-corrected chi connectivity index (χ2v) is 5.51. The molecule has 0 heterocycles. The van der Waals surface area contributed by atoms with Crippen LogP contribution in [0.4, 0.5) is 5.69 Å². The maximum absolute atomic E-state index is 12.0. The van der Waals surface area contributed by atoms with Gasteiger partial charge in [0.05, 0.1) is 7.11 Å². The highest BCUT2D eigenvalue weighted by atomic mass is 35.5. The first-order valence-corrected chi connectivity index (χ1v) is 7.88. The van der Waals surface area contributed by atoms with Gasteiger partial charge in [-0.2, -0.15) is 5.26 Å². The Morgan fingerprint density at radius 1 is 1.23 bits per heavy atom. The predicted molar refractivity (Wildman–Crippen MR) is 97.6 cm³/mol. The fourth-order valence-corrected chi connectivity index (χ4v) is 2.10. The van der Waals surface area contributed by atoms with E-state index in [0.29, 0.717) is 22.0 Å². The summed E-state index contributed by atoms with van der Waals surface area (Å²) in [7, 11) is 1.52. The molecule has 0 aliphatic carbocycles. The molecule has 2 aromatic rings. The number of nitriles is 1. The number of ether oxygens (including phenoxy) is 2. The van der Waals surface area contributed by atoms with Crippen molar-refractivity contribution >= 4 is 35.2 Å². The van der Waals surface area contributed by atoms with Gasteiger partial charge in [0, 0.05) is 10.7 Å². The lowest BCUT2D eigenvalue weighted by atomic mass is 10.1. The minimum Gasteiger partial charge on any atom is -0.497 e. The minimum absolute atomic E-state index is 0.224. The largest absolute Gasteiger partial charge is 0.497 e. The van der Waals surface area contributed by atoms with Gasteiger partial charge in [0.2, 0.25) is 0 Å². The average Bonchev–Trinajstić information content (AvgIpc) is 2.66. The number of methoxy groups -OCH3 is 1. The van der Waals surface area contributed by atoms with Gasteiger partial charge in [0.1, 0.15) is 17.4 Å². The maximum Gasteiger partial charge on any atom is 0.349 e. The number of esters is 1. The lowest BCUT2D eigenvalue weighted by Gasteiger charge is -2.06. The Labute approximate surface area is 155 Å². The topological polar surface area (TPSA) is 88.4 Å². The SMILES string of the molecule is COc1cccc(/C=C(\C#N)C(=O)OCC(=O)Nc2ccc(Cl)cc2)c1. The molecule has 2 aromatic carbocycles. The highest BCUT2D eigenvalue weighted by molar-refractivity contribution is 6.30. The molecule has 2 rings (SSSR count). The van der Waals surface area contributed by atoms with Crippen molar-refractivity contribution in [2.75, 3.05) is 19.0 Å². The molecule has 7 heteroatoms. The number of hydrogen-bond acceptors (Lipinski definition) is 5. The van der Waals surface area contributed by atoms with Crippen molar-refractivity contribution in [3.63, 3.8) is 0 Å². The molecule has 0 fully saturated rings. The Morgan fingerprint density at radius 2 is 1.96 bits per heavy atom. The quantitative estimate of drug-likeness (QED) is 0.478. The van der Waals surface area contributed by atoms with E-state index in [9.17, 15) is 9.59 Å². The molecular formula is C19H15ClN2O4. The molecule has 0 spiro atoms. The number of rotatable bonds is 6. The summed E-state index contributed by atoms with van der Waals surface area (Å²) >= 11 is 5.76. The monoisotopic (exact) mass is 370 g/mol. The molecule has 0 atom stereocenters. The van der Waals surface area contributed by atoms with Gasteiger partial charge < -0.3 is 14.8 Å². The third kappa shape index (κ3) is 5.65. The van der Waals surface area contributed by atoms with Crippen LogP contribution in [0.15, 0.2) is 54.1 Å². The van der Waals surface area contributed by atoms with E-state index in [1.54, 1.807) is 54.6 Å². The molecule has 1 N–H and O–H groups in total. The molecule has 6 nitrogen and oxygen atoms in total. The van der Waals surface area contributed by atoms with E-state index in [0.717, 1.165) is 0 Å². The first-order valence-electron chi connectivity index (χ1n) is 7.50. The summed E-state index contributed by atoms with van der Waals surface area (Å²) < 4.78 is 9.97. The van der Waals surface area contributed by atoms with Crippen LogP contribution in [0.25, 0.3) is 6.08 Å². The number of benzene rings is 2. The van der Waals surface area contributed by atoms with Gasteiger partial charge in [0.15, 0.2) is 6.61 Å². The number of hydrogen-bond donors (Lipinski definition) is 1. The highest BCUT2D eigenvalue weighted by Gasteiger charge is 2.13. The fraction of sp³-hybridized carbons (Fsp3) is 0.105. The molecule has 0 saturated heterocycles. The standard InChI is InChI=1S/C19H15ClN2O4/c1-25-17-4-2-3-13(10-17)9-14(11-21)19(24)26-12-18(23)22-16-7-5-15(20)6-8-16/h2-10H,12H2,1H3,(H,22,23)/b14-9+. The molecule has 26 heavy (non-hydrogen) atoms. The normalized spacial score (nSPS) is 10.6. The van der Waals surface area contributed by atoms with Crippen LogP contribution in [-0.2, 0) is 14.3 Å². The Balaban J connectivity index is 1.96. The molecule has 1 amide bonds. The summed E-state index contributed by atoms with van der Waals surface area (Å²) in [6, 6.07) is 15.1. The summed E-state index contributed by atoms with van der Waals surface area (Å²) in [6.45, 7) is -0.515. The highest BCUT2D eigenvalue weighted by Crippen LogP contribution is 2.16. The van der Waals surface area contributed by atoms with Gasteiger partial charge in [-0.3, -0.25) is 4.79 Å². The molecule has 0 aromatic heterocycles. The van der Waals surface area contributed by atoms with E-state index in [1.807, 2.05) is 0 Å². The third-order valence-corrected chi connectivity index (χ3v) is 3.46. The fourth-order valence-electron chi connectivity index (χ4n) is 1.97. The molecule has 0 bridgehead atoms. The van der Waals surface area contributed by atoms with Crippen molar-refractivity contribution in [3.8, 4) is 11.8 Å². The zero-order valence-electron chi connectivity index (χ0n) is 13.9. The first-order chi connectivity index (χ1) is 12.5. The lowest BCUT2D eigenvalue weighted by molar-refractivity contribution is -0.142. The van der Waals surface area contributed by atoms with Crippen molar-refractivity contribution in [1.82, 2.24) is 0 Å². The summed E-state index contributed by atoms with van der Waals surface area (Å²) in [5.41, 5.74) is 0.892. The summed E-state index contributed by atoms with van der Waals surface area (Å²) in [6.07, 6.45) is 1.36. The van der Waals surface area contributed by atoms with Gasteiger partial charge >= 0.3 is 5.97 Å². The van der Waals surface area contributed by atoms with Crippen molar-refractivity contribution in [2.45, 2.75) is 0 Å². The van der Waals surface area contributed by atoms with E-state index in [-0.39, 0.29) is 5.57 Å². The van der Waals surface area contributed by atoms with E-state index < -0.39 is 18.5 Å². The Bertz CT molecular complexity index is 870. The van der Waals surface area contributed by atoms with Crippen LogP contribution < -0.4 is 10.1 Å². The van der Waals surface area contributed by atoms with Crippen molar-refractivity contribution in [2.24, 2.45) is 0 Å². The second-order valence-electron chi connectivity index (χ2n) is 5.08. The molecule has 0 unspecified atom stereocenters. The molecular weight excluding hydrogens is 356 g/mol. The van der Waals surface area contributed by atoms with Crippen molar-refractivity contribution in [1.29, 1.82) is 5.26 Å². The number of nitrogens with one attached hydrogen (secondary N) is 1. The molecule has 0 aliphatic rings. The number of carbonyl (C=O) groups is 2. The second kappa shape index (κ2) is 9.25. The van der Waals surface area contributed by atoms with Gasteiger partial charge in [-0.05, 0) is 48.0 Å². The number of amides is 1. The van der Waals surface area contributed by atoms with Crippen LogP contribution in [0, 0.1) is 11.3 Å². The smallest absolute Gasteiger partial charge is 0.349 e. The van der Waals surface area contributed by atoms with Crippen LogP contribution in [0.2, 0.25) is 5.02 Å². The number of halogens is 1. The number of carbonyl (C=O) groups excluding carboxylic acids is 2. The number of nitrogens with zero attached hydrogens (tertiary/aromatic N) is 1.